The Morgan fingerprint density at radius 3 is 1.93 bits per heavy atom. The van der Waals surface area contributed by atoms with Gasteiger partial charge >= 0.3 is 7.60 Å². The summed E-state index contributed by atoms with van der Waals surface area (Å²) in [4.78, 5) is 12.7. The van der Waals surface area contributed by atoms with Crippen LogP contribution < -0.4 is 4.72 Å². The van der Waals surface area contributed by atoms with Crippen LogP contribution in [0.15, 0.2) is 93.6 Å². The molecule has 1 aliphatic rings. The van der Waals surface area contributed by atoms with E-state index in [-0.39, 0.29) is 39.2 Å². The predicted molar refractivity (Wildman–Crippen MR) is 170 cm³/mol. The zero-order valence-corrected chi connectivity index (χ0v) is 27.9. The van der Waals surface area contributed by atoms with Crippen LogP contribution in [0.1, 0.15) is 61.0 Å². The van der Waals surface area contributed by atoms with Crippen LogP contribution in [-0.4, -0.2) is 35.8 Å². The van der Waals surface area contributed by atoms with Crippen molar-refractivity contribution in [3.63, 3.8) is 0 Å². The zero-order valence-electron chi connectivity index (χ0n) is 24.7. The molecular weight excluding hydrogens is 645 g/mol. The number of rotatable bonds is 14. The number of hydrogen-bond donors (Lipinski definition) is 1. The van der Waals surface area contributed by atoms with Crippen molar-refractivity contribution >= 4 is 44.8 Å². The minimum Gasteiger partial charge on any atom is -0.307 e. The number of Topliss-reactive ketones (excluding diaryl/α,β-unsaturated/α-hetero) is 1. The zero-order chi connectivity index (χ0) is 32.2. The fraction of sp³-hybridized carbons (Fsp3) is 0.323. The third kappa shape index (κ3) is 6.79. The fourth-order valence-electron chi connectivity index (χ4n) is 4.67. The summed E-state index contributed by atoms with van der Waals surface area (Å²) < 4.78 is 85.8. The molecule has 1 atom stereocenters. The van der Waals surface area contributed by atoms with Crippen molar-refractivity contribution < 1.29 is 35.2 Å². The molecule has 0 heterocycles. The Kier molecular flexibility index (Phi) is 10.7. The third-order valence-corrected chi connectivity index (χ3v) is 13.2. The van der Waals surface area contributed by atoms with Crippen molar-refractivity contribution in [3.8, 4) is 0 Å². The smallest absolute Gasteiger partial charge is 0.307 e. The minimum absolute atomic E-state index is 0.0540. The van der Waals surface area contributed by atoms with Crippen LogP contribution >= 0.6 is 19.2 Å². The fourth-order valence-corrected chi connectivity index (χ4v) is 10.3. The maximum atomic E-state index is 15.2. The first-order chi connectivity index (χ1) is 20.8. The van der Waals surface area contributed by atoms with Crippen LogP contribution in [0.5, 0.6) is 0 Å². The highest BCUT2D eigenvalue weighted by molar-refractivity contribution is 7.96. The Hall–Kier alpha value is -2.63. The van der Waals surface area contributed by atoms with Crippen LogP contribution in [0.3, 0.4) is 0 Å². The first kappa shape index (κ1) is 34.2. The molecule has 0 spiro atoms. The number of hydrogen-bond acceptors (Lipinski definition) is 8. The summed E-state index contributed by atoms with van der Waals surface area (Å²) >= 11 is 6.00. The van der Waals surface area contributed by atoms with E-state index < -0.39 is 43.4 Å². The van der Waals surface area contributed by atoms with E-state index >= 15 is 4.57 Å². The summed E-state index contributed by atoms with van der Waals surface area (Å²) in [6.07, 6.45) is 3.14. The van der Waals surface area contributed by atoms with Crippen LogP contribution in [0.4, 0.5) is 0 Å². The highest BCUT2D eigenvalue weighted by atomic mass is 35.5. The molecule has 0 aliphatic heterocycles. The van der Waals surface area contributed by atoms with Gasteiger partial charge in [0.15, 0.2) is 5.28 Å². The number of unbranched alkanes of at least 4 members (excludes halogenated alkanes) is 2. The molecule has 9 nitrogen and oxygen atoms in total. The van der Waals surface area contributed by atoms with Gasteiger partial charge in [-0.2, -0.15) is 4.72 Å². The largest absolute Gasteiger partial charge is 0.360 e. The average molecular weight is 680 g/mol. The molecule has 1 aliphatic carbocycles. The number of carbonyl (C=O) groups excluding carboxylic acids is 1. The predicted octanol–water partition coefficient (Wildman–Crippen LogP) is 7.16. The second kappa shape index (κ2) is 13.8. The second-order valence-corrected chi connectivity index (χ2v) is 16.7. The van der Waals surface area contributed by atoms with Crippen LogP contribution in [0.2, 0.25) is 5.02 Å². The van der Waals surface area contributed by atoms with Crippen LogP contribution in [0, 0.1) is 6.92 Å². The molecule has 236 valence electrons. The molecule has 0 aromatic heterocycles. The van der Waals surface area contributed by atoms with Gasteiger partial charge in [-0.05, 0) is 62.2 Å². The first-order valence-corrected chi connectivity index (χ1v) is 19.1. The van der Waals surface area contributed by atoms with Crippen molar-refractivity contribution in [3.05, 3.63) is 105 Å². The van der Waals surface area contributed by atoms with E-state index in [1.54, 1.807) is 19.1 Å². The summed E-state index contributed by atoms with van der Waals surface area (Å²) in [6.45, 7) is 5.42. The van der Waals surface area contributed by atoms with Gasteiger partial charge in [0.05, 0.1) is 23.0 Å². The Balaban J connectivity index is 2.08. The molecule has 0 radical (unpaired) electrons. The number of sulfonamides is 1. The van der Waals surface area contributed by atoms with Gasteiger partial charge in [-0.25, -0.2) is 16.8 Å². The van der Waals surface area contributed by atoms with E-state index in [1.165, 1.54) is 60.7 Å². The molecule has 1 N–H and O–H groups in total. The quantitative estimate of drug-likeness (QED) is 0.140. The van der Waals surface area contributed by atoms with E-state index in [2.05, 4.69) is 4.72 Å². The second-order valence-electron chi connectivity index (χ2n) is 10.4. The lowest BCUT2D eigenvalue weighted by molar-refractivity contribution is 0.103. The molecule has 0 fully saturated rings. The van der Waals surface area contributed by atoms with E-state index in [9.17, 15) is 21.6 Å². The summed E-state index contributed by atoms with van der Waals surface area (Å²) in [5.41, 5.74) is 0.584. The molecule has 0 saturated carbocycles. The number of halogens is 1. The summed E-state index contributed by atoms with van der Waals surface area (Å²) in [5, 5.41) is -2.15. The number of allylic oxidation sites excluding steroid dienone is 1. The molecular formula is C31H35ClNO8PS2. The number of benzene rings is 3. The van der Waals surface area contributed by atoms with Crippen molar-refractivity contribution in [2.24, 2.45) is 0 Å². The number of aryl methyl sites for hydroxylation is 1. The maximum absolute atomic E-state index is 15.2. The number of nitrogens with one attached hydrogen (secondary N) is 1. The molecule has 0 bridgehead atoms. The number of carbonyl (C=O) groups is 1. The lowest BCUT2D eigenvalue weighted by Gasteiger charge is -2.40. The van der Waals surface area contributed by atoms with E-state index in [1.807, 2.05) is 13.8 Å². The Bertz CT molecular complexity index is 1790. The standard InChI is InChI=1S/C31H35ClNO8PS2/c1-4-6-20-40-42(35,41-21-7-5-2)31(33-44(38,39)26-18-14-24(32)15-19-26)22-29(30(34)27-10-8-9-11-28(27)31)43(36,37)25-16-12-23(3)13-17-25/h8-19,22,33H,4-7,20-21H2,1-3H3. The topological polar surface area (TPSA) is 133 Å². The molecule has 13 heteroatoms. The molecule has 44 heavy (non-hydrogen) atoms. The van der Waals surface area contributed by atoms with Crippen LogP contribution in [-0.2, 0) is 38.8 Å². The van der Waals surface area contributed by atoms with Crippen molar-refractivity contribution in [2.45, 2.75) is 61.5 Å². The molecule has 0 saturated heterocycles. The van der Waals surface area contributed by atoms with Gasteiger partial charge in [0.1, 0.15) is 4.91 Å². The molecule has 3 aromatic carbocycles. The molecule has 3 aromatic rings. The Morgan fingerprint density at radius 2 is 1.36 bits per heavy atom. The van der Waals surface area contributed by atoms with Gasteiger partial charge in [0, 0.05) is 16.1 Å². The number of sulfone groups is 1. The Morgan fingerprint density at radius 1 is 0.818 bits per heavy atom. The highest BCUT2D eigenvalue weighted by Gasteiger charge is 2.58. The summed E-state index contributed by atoms with van der Waals surface area (Å²) in [5.74, 6) is -0.879. The highest BCUT2D eigenvalue weighted by Crippen LogP contribution is 2.67. The maximum Gasteiger partial charge on any atom is 0.360 e. The van der Waals surface area contributed by atoms with E-state index in [4.69, 9.17) is 20.6 Å². The number of ketones is 1. The molecule has 1 unspecified atom stereocenters. The summed E-state index contributed by atoms with van der Waals surface area (Å²) in [7, 11) is -13.8. The minimum atomic E-state index is -4.69. The average Bonchev–Trinajstić information content (AvgIpc) is 2.99. The van der Waals surface area contributed by atoms with Crippen LogP contribution in [0.25, 0.3) is 0 Å². The van der Waals surface area contributed by atoms with Gasteiger partial charge in [0.2, 0.25) is 25.6 Å². The lowest BCUT2D eigenvalue weighted by atomic mass is 9.92. The van der Waals surface area contributed by atoms with E-state index in [0.717, 1.165) is 11.6 Å². The third-order valence-electron chi connectivity index (χ3n) is 7.13. The number of fused-ring (bicyclic) bond motifs is 1. The van der Waals surface area contributed by atoms with Gasteiger partial charge in [-0.15, -0.1) is 0 Å². The van der Waals surface area contributed by atoms with Gasteiger partial charge < -0.3 is 9.05 Å². The molecule has 4 rings (SSSR count). The monoisotopic (exact) mass is 679 g/mol. The SMILES string of the molecule is CCCCOP(=O)(OCCCC)C1(NS(=O)(=O)c2ccc(Cl)cc2)C=C(S(=O)(=O)c2ccc(C)cc2)C(=O)c2ccccc21. The van der Waals surface area contributed by atoms with E-state index in [0.29, 0.717) is 25.7 Å². The van der Waals surface area contributed by atoms with Crippen molar-refractivity contribution in [2.75, 3.05) is 13.2 Å². The summed E-state index contributed by atoms with van der Waals surface area (Å²) in [6, 6.07) is 17.0. The van der Waals surface area contributed by atoms with Crippen molar-refractivity contribution in [1.82, 2.24) is 4.72 Å². The molecule has 0 amide bonds. The van der Waals surface area contributed by atoms with Gasteiger partial charge in [-0.1, -0.05) is 80.3 Å². The Labute approximate surface area is 264 Å². The first-order valence-electron chi connectivity index (χ1n) is 14.2. The van der Waals surface area contributed by atoms with Gasteiger partial charge in [0.25, 0.3) is 0 Å². The normalized spacial score (nSPS) is 17.3. The van der Waals surface area contributed by atoms with Gasteiger partial charge in [-0.3, -0.25) is 9.36 Å². The lowest BCUT2D eigenvalue weighted by Crippen LogP contribution is -2.48. The van der Waals surface area contributed by atoms with Crippen molar-refractivity contribution in [1.29, 1.82) is 0 Å².